The van der Waals surface area contributed by atoms with Gasteiger partial charge in [-0.25, -0.2) is 14.4 Å². The molecule has 120 valence electrons. The van der Waals surface area contributed by atoms with Gasteiger partial charge >= 0.3 is 0 Å². The smallest absolute Gasteiger partial charge is 0.223 e. The molecule has 0 aliphatic carbocycles. The summed E-state index contributed by atoms with van der Waals surface area (Å²) in [6.45, 7) is 1.85. The van der Waals surface area contributed by atoms with Crippen LogP contribution >= 0.6 is 0 Å². The number of nitrogen functional groups attached to an aromatic ring is 1. The highest BCUT2D eigenvalue weighted by atomic mass is 19.1. The van der Waals surface area contributed by atoms with E-state index in [1.54, 1.807) is 0 Å². The molecule has 1 unspecified atom stereocenters. The molecule has 0 amide bonds. The zero-order chi connectivity index (χ0) is 16.0. The van der Waals surface area contributed by atoms with Crippen LogP contribution in [0.15, 0.2) is 12.1 Å². The Kier molecular flexibility index (Phi) is 3.26. The molecule has 1 aromatic carbocycles. The lowest BCUT2D eigenvalue weighted by Crippen LogP contribution is -2.29. The van der Waals surface area contributed by atoms with E-state index in [0.717, 1.165) is 31.8 Å². The van der Waals surface area contributed by atoms with Gasteiger partial charge in [-0.1, -0.05) is 0 Å². The molecule has 0 saturated carbocycles. The molecule has 2 aromatic heterocycles. The number of aromatic nitrogens is 4. The number of piperidine rings is 1. The zero-order valence-corrected chi connectivity index (χ0v) is 12.7. The van der Waals surface area contributed by atoms with Crippen molar-refractivity contribution in [3.63, 3.8) is 0 Å². The lowest BCUT2D eigenvalue weighted by molar-refractivity contribution is 0.387. The van der Waals surface area contributed by atoms with Crippen molar-refractivity contribution in [1.29, 1.82) is 0 Å². The van der Waals surface area contributed by atoms with E-state index in [0.29, 0.717) is 16.6 Å². The Bertz CT molecular complexity index is 887. The molecule has 3 aromatic rings. The van der Waals surface area contributed by atoms with Gasteiger partial charge < -0.3 is 15.8 Å². The van der Waals surface area contributed by atoms with Crippen molar-refractivity contribution in [2.45, 2.75) is 18.8 Å². The van der Waals surface area contributed by atoms with E-state index in [2.05, 4.69) is 20.4 Å². The Morgan fingerprint density at radius 3 is 3.00 bits per heavy atom. The molecular weight excluding hydrogens is 299 g/mol. The number of nitrogens with one attached hydrogen (secondary N) is 1. The molecule has 0 bridgehead atoms. The van der Waals surface area contributed by atoms with E-state index < -0.39 is 5.82 Å². The highest BCUT2D eigenvalue weighted by molar-refractivity contribution is 5.93. The summed E-state index contributed by atoms with van der Waals surface area (Å²) in [6, 6.07) is 2.89. The summed E-state index contributed by atoms with van der Waals surface area (Å²) in [5.41, 5.74) is 7.05. The molecule has 1 saturated heterocycles. The molecule has 1 aliphatic rings. The predicted octanol–water partition coefficient (Wildman–Crippen LogP) is 1.47. The number of hydrogen-bond acceptors (Lipinski definition) is 6. The molecule has 1 aliphatic heterocycles. The van der Waals surface area contributed by atoms with Crippen LogP contribution < -0.4 is 15.8 Å². The molecule has 1 atom stereocenters. The van der Waals surface area contributed by atoms with Crippen molar-refractivity contribution >= 4 is 22.5 Å². The molecule has 23 heavy (non-hydrogen) atoms. The van der Waals surface area contributed by atoms with Crippen LogP contribution in [-0.4, -0.2) is 39.8 Å². The van der Waals surface area contributed by atoms with Crippen LogP contribution in [-0.2, 0) is 0 Å². The Labute approximate surface area is 131 Å². The van der Waals surface area contributed by atoms with Crippen molar-refractivity contribution in [1.82, 2.24) is 24.9 Å². The molecule has 8 heteroatoms. The third-order valence-electron chi connectivity index (χ3n) is 4.25. The molecular formula is C15H17FN6O. The summed E-state index contributed by atoms with van der Waals surface area (Å²) in [4.78, 5) is 8.89. The van der Waals surface area contributed by atoms with Crippen molar-refractivity contribution in [3.8, 4) is 5.75 Å². The summed E-state index contributed by atoms with van der Waals surface area (Å²) in [7, 11) is 1.41. The van der Waals surface area contributed by atoms with Gasteiger partial charge in [0.25, 0.3) is 0 Å². The first-order valence-electron chi connectivity index (χ1n) is 7.57. The van der Waals surface area contributed by atoms with Gasteiger partial charge in [0.15, 0.2) is 23.0 Å². The Morgan fingerprint density at radius 2 is 2.26 bits per heavy atom. The molecule has 3 N–H and O–H groups in total. The normalized spacial score (nSPS) is 18.6. The number of fused-ring (bicyclic) bond motifs is 3. The van der Waals surface area contributed by atoms with E-state index in [1.165, 1.54) is 23.8 Å². The van der Waals surface area contributed by atoms with E-state index in [9.17, 15) is 4.39 Å². The molecule has 3 heterocycles. The van der Waals surface area contributed by atoms with Crippen molar-refractivity contribution in [3.05, 3.63) is 23.8 Å². The third kappa shape index (κ3) is 2.26. The summed E-state index contributed by atoms with van der Waals surface area (Å²) in [5.74, 6) is 0.849. The number of nitrogens with two attached hydrogens (primary N) is 1. The van der Waals surface area contributed by atoms with Gasteiger partial charge in [-0.05, 0) is 25.5 Å². The van der Waals surface area contributed by atoms with E-state index >= 15 is 0 Å². The van der Waals surface area contributed by atoms with E-state index in [4.69, 9.17) is 10.5 Å². The second kappa shape index (κ2) is 5.31. The second-order valence-corrected chi connectivity index (χ2v) is 5.72. The number of ether oxygens (including phenoxy) is 1. The SMILES string of the molecule is COc1cc2nc(N)n3nc(C4CCCNC4)nc3c2cc1F. The van der Waals surface area contributed by atoms with Gasteiger partial charge in [-0.3, -0.25) is 0 Å². The third-order valence-corrected chi connectivity index (χ3v) is 4.25. The van der Waals surface area contributed by atoms with Gasteiger partial charge in [-0.2, -0.15) is 4.52 Å². The standard InChI is InChI=1S/C15H17FN6O/c1-23-12-6-11-9(5-10(12)16)14-20-13(8-3-2-4-18-7-8)21-22(14)15(17)19-11/h5-6,8,18H,2-4,7H2,1H3,(H2,17,19). The first-order valence-corrected chi connectivity index (χ1v) is 7.57. The van der Waals surface area contributed by atoms with Crippen LogP contribution in [0.25, 0.3) is 16.6 Å². The fourth-order valence-corrected chi connectivity index (χ4v) is 3.05. The molecule has 7 nitrogen and oxygen atoms in total. The van der Waals surface area contributed by atoms with Crippen molar-refractivity contribution in [2.24, 2.45) is 0 Å². The monoisotopic (exact) mass is 316 g/mol. The quantitative estimate of drug-likeness (QED) is 0.744. The average Bonchev–Trinajstić information content (AvgIpc) is 3.02. The Morgan fingerprint density at radius 1 is 1.39 bits per heavy atom. The minimum atomic E-state index is -0.461. The summed E-state index contributed by atoms with van der Waals surface area (Å²) >= 11 is 0. The zero-order valence-electron chi connectivity index (χ0n) is 12.7. The van der Waals surface area contributed by atoms with Crippen LogP contribution in [0.5, 0.6) is 5.75 Å². The number of rotatable bonds is 2. The van der Waals surface area contributed by atoms with Crippen molar-refractivity contribution in [2.75, 3.05) is 25.9 Å². The number of methoxy groups -OCH3 is 1. The second-order valence-electron chi connectivity index (χ2n) is 5.72. The minimum Gasteiger partial charge on any atom is -0.494 e. The average molecular weight is 316 g/mol. The fraction of sp³-hybridized carbons (Fsp3) is 0.400. The molecule has 0 spiro atoms. The first kappa shape index (κ1) is 14.1. The summed E-state index contributed by atoms with van der Waals surface area (Å²) < 4.78 is 20.5. The maximum absolute atomic E-state index is 14.1. The maximum Gasteiger partial charge on any atom is 0.223 e. The summed E-state index contributed by atoms with van der Waals surface area (Å²) in [5, 5.41) is 8.39. The van der Waals surface area contributed by atoms with Crippen LogP contribution in [0.1, 0.15) is 24.6 Å². The number of hydrogen-bond donors (Lipinski definition) is 2. The molecule has 4 rings (SSSR count). The number of halogens is 1. The number of benzene rings is 1. The van der Waals surface area contributed by atoms with Gasteiger partial charge in [0.1, 0.15) is 0 Å². The topological polar surface area (TPSA) is 90.4 Å². The van der Waals surface area contributed by atoms with Crippen LogP contribution in [0.2, 0.25) is 0 Å². The van der Waals surface area contributed by atoms with E-state index in [1.807, 2.05) is 0 Å². The first-order chi connectivity index (χ1) is 11.2. The number of anilines is 1. The maximum atomic E-state index is 14.1. The van der Waals surface area contributed by atoms with Crippen LogP contribution in [0.4, 0.5) is 10.3 Å². The molecule has 1 fully saturated rings. The number of nitrogens with zero attached hydrogens (tertiary/aromatic N) is 4. The van der Waals surface area contributed by atoms with Gasteiger partial charge in [0.05, 0.1) is 12.6 Å². The van der Waals surface area contributed by atoms with Gasteiger partial charge in [0.2, 0.25) is 5.95 Å². The largest absolute Gasteiger partial charge is 0.494 e. The highest BCUT2D eigenvalue weighted by Crippen LogP contribution is 2.28. The van der Waals surface area contributed by atoms with Crippen molar-refractivity contribution < 1.29 is 9.13 Å². The highest BCUT2D eigenvalue weighted by Gasteiger charge is 2.22. The molecule has 0 radical (unpaired) electrons. The lowest BCUT2D eigenvalue weighted by atomic mass is 9.99. The van der Waals surface area contributed by atoms with E-state index in [-0.39, 0.29) is 17.6 Å². The van der Waals surface area contributed by atoms with Crippen LogP contribution in [0, 0.1) is 5.82 Å². The lowest BCUT2D eigenvalue weighted by Gasteiger charge is -2.19. The van der Waals surface area contributed by atoms with Crippen LogP contribution in [0.3, 0.4) is 0 Å². The Balaban J connectivity index is 1.93. The Hall–Kier alpha value is -2.48. The predicted molar refractivity (Wildman–Crippen MR) is 84.1 cm³/mol. The fourth-order valence-electron chi connectivity index (χ4n) is 3.05. The summed E-state index contributed by atoms with van der Waals surface area (Å²) in [6.07, 6.45) is 2.11. The minimum absolute atomic E-state index is 0.130. The van der Waals surface area contributed by atoms with Gasteiger partial charge in [0, 0.05) is 23.9 Å². The van der Waals surface area contributed by atoms with Gasteiger partial charge in [-0.15, -0.1) is 5.10 Å².